The molecule has 1 heterocycles. The van der Waals surface area contributed by atoms with Crippen molar-refractivity contribution in [1.29, 1.82) is 0 Å². The van der Waals surface area contributed by atoms with Gasteiger partial charge in [-0.3, -0.25) is 18.7 Å². The van der Waals surface area contributed by atoms with Gasteiger partial charge in [0.1, 0.15) is 0 Å². The summed E-state index contributed by atoms with van der Waals surface area (Å²) in [4.78, 5) is 28.4. The predicted molar refractivity (Wildman–Crippen MR) is 103 cm³/mol. The topological polar surface area (TPSA) is 63.7 Å². The Morgan fingerprint density at radius 2 is 1.26 bits per heavy atom. The first-order valence-corrected chi connectivity index (χ1v) is 8.50. The van der Waals surface area contributed by atoms with Gasteiger partial charge in [-0.15, -0.1) is 0 Å². The molecule has 0 saturated heterocycles. The number of fused-ring (bicyclic) bond motifs is 1. The van der Waals surface area contributed by atoms with Gasteiger partial charge in [0.25, 0.3) is 0 Å². The number of carbonyl (C=O) groups excluding carboxylic acids is 2. The van der Waals surface area contributed by atoms with Gasteiger partial charge < -0.3 is 4.90 Å². The largest absolute Gasteiger partial charge is 0.377 e. The minimum atomic E-state index is -0.280. The highest BCUT2D eigenvalue weighted by molar-refractivity contribution is 6.26. The number of hydrogen-bond donors (Lipinski definition) is 0. The fourth-order valence-electron chi connectivity index (χ4n) is 3.09. The van der Waals surface area contributed by atoms with Crippen molar-refractivity contribution in [2.24, 2.45) is 0 Å². The van der Waals surface area contributed by atoms with E-state index in [-0.39, 0.29) is 17.1 Å². The van der Waals surface area contributed by atoms with Crippen molar-refractivity contribution >= 4 is 28.4 Å². The van der Waals surface area contributed by atoms with E-state index in [2.05, 4.69) is 0 Å². The number of nitrogens with zero attached hydrogens (tertiary/aromatic N) is 1. The van der Waals surface area contributed by atoms with Crippen LogP contribution >= 0.6 is 0 Å². The van der Waals surface area contributed by atoms with E-state index in [1.807, 2.05) is 26.2 Å². The monoisotopic (exact) mass is 359 g/mol. The lowest BCUT2D eigenvalue weighted by Gasteiger charge is -2.20. The molecule has 27 heavy (non-hydrogen) atoms. The van der Waals surface area contributed by atoms with Crippen molar-refractivity contribution in [3.8, 4) is 0 Å². The number of hydrogen-bond acceptors (Lipinski definition) is 5. The molecule has 5 nitrogen and oxygen atoms in total. The minimum Gasteiger partial charge on any atom is -0.377 e. The molecule has 3 aromatic carbocycles. The molecule has 4 rings (SSSR count). The first-order chi connectivity index (χ1) is 13.1. The molecule has 0 aliphatic rings. The molecular weight excluding hydrogens is 342 g/mol. The van der Waals surface area contributed by atoms with Crippen molar-refractivity contribution in [2.45, 2.75) is 0 Å². The zero-order valence-electron chi connectivity index (χ0n) is 14.9. The molecule has 0 unspecified atom stereocenters. The Morgan fingerprint density at radius 1 is 0.741 bits per heavy atom. The highest BCUT2D eigenvalue weighted by atomic mass is 17.0. The van der Waals surface area contributed by atoms with Crippen molar-refractivity contribution < 1.29 is 18.7 Å². The van der Waals surface area contributed by atoms with Crippen LogP contribution in [0.4, 0.5) is 5.69 Å². The number of rotatable bonds is 5. The molecule has 4 aromatic rings. The average Bonchev–Trinajstić information content (AvgIpc) is 2.68. The fourth-order valence-corrected chi connectivity index (χ4v) is 3.09. The molecule has 0 amide bonds. The summed E-state index contributed by atoms with van der Waals surface area (Å²) in [6.07, 6.45) is 0. The normalized spacial score (nSPS) is 10.9. The maximum Gasteiger partial charge on any atom is 0.237 e. The SMILES string of the molecule is CN(C)c1cc2ooc2c(C(=O)c2ccccc2)c1C(=O)c1ccccc1. The third-order valence-corrected chi connectivity index (χ3v) is 4.45. The van der Waals surface area contributed by atoms with E-state index in [0.29, 0.717) is 33.5 Å². The predicted octanol–water partition coefficient (Wildman–Crippen LogP) is 4.55. The Bertz CT molecular complexity index is 1120. The zero-order valence-corrected chi connectivity index (χ0v) is 14.9. The van der Waals surface area contributed by atoms with Gasteiger partial charge in [0.05, 0.1) is 16.8 Å². The molecule has 0 atom stereocenters. The van der Waals surface area contributed by atoms with Crippen LogP contribution in [-0.4, -0.2) is 25.7 Å². The van der Waals surface area contributed by atoms with Gasteiger partial charge in [-0.25, -0.2) is 0 Å². The van der Waals surface area contributed by atoms with Crippen LogP contribution in [0.25, 0.3) is 11.2 Å². The second kappa shape index (κ2) is 6.61. The number of ketones is 2. The van der Waals surface area contributed by atoms with E-state index in [1.165, 1.54) is 0 Å². The highest BCUT2D eigenvalue weighted by Gasteiger charge is 2.30. The van der Waals surface area contributed by atoms with Crippen LogP contribution in [-0.2, 0) is 0 Å². The van der Waals surface area contributed by atoms with Crippen LogP contribution in [0.5, 0.6) is 0 Å². The maximum atomic E-state index is 13.3. The van der Waals surface area contributed by atoms with Crippen LogP contribution in [0.2, 0.25) is 0 Å². The van der Waals surface area contributed by atoms with Crippen LogP contribution in [0, 0.1) is 0 Å². The van der Waals surface area contributed by atoms with Crippen molar-refractivity contribution in [2.75, 3.05) is 19.0 Å². The summed E-state index contributed by atoms with van der Waals surface area (Å²) in [5, 5.41) is 0. The lowest BCUT2D eigenvalue weighted by atomic mass is 9.90. The van der Waals surface area contributed by atoms with Gasteiger partial charge in [0.15, 0.2) is 11.6 Å². The molecule has 0 aliphatic carbocycles. The Balaban J connectivity index is 2.00. The smallest absolute Gasteiger partial charge is 0.237 e. The summed E-state index contributed by atoms with van der Waals surface area (Å²) in [5.41, 5.74) is 2.86. The second-order valence-corrected chi connectivity index (χ2v) is 6.42. The molecule has 0 N–H and O–H groups in total. The Morgan fingerprint density at radius 3 is 1.70 bits per heavy atom. The lowest BCUT2D eigenvalue weighted by Crippen LogP contribution is -2.19. The molecule has 0 saturated carbocycles. The summed E-state index contributed by atoms with van der Waals surface area (Å²) in [6, 6.07) is 19.4. The molecule has 1 aromatic heterocycles. The Kier molecular flexibility index (Phi) is 4.12. The maximum absolute atomic E-state index is 13.3. The summed E-state index contributed by atoms with van der Waals surface area (Å²) in [6.45, 7) is 0. The summed E-state index contributed by atoms with van der Waals surface area (Å²) in [5.74, 6) is -0.519. The molecule has 5 heteroatoms. The van der Waals surface area contributed by atoms with E-state index in [9.17, 15) is 9.59 Å². The van der Waals surface area contributed by atoms with Crippen LogP contribution in [0.15, 0.2) is 75.9 Å². The molecule has 0 fully saturated rings. The lowest BCUT2D eigenvalue weighted by molar-refractivity contribution is 0.0576. The highest BCUT2D eigenvalue weighted by Crippen LogP contribution is 2.36. The Labute approximate surface area is 155 Å². The Hall–Kier alpha value is -3.60. The van der Waals surface area contributed by atoms with E-state index in [0.717, 1.165) is 0 Å². The van der Waals surface area contributed by atoms with Gasteiger partial charge in [-0.2, -0.15) is 0 Å². The molecule has 0 aliphatic heterocycles. The van der Waals surface area contributed by atoms with Crippen molar-refractivity contribution in [1.82, 2.24) is 0 Å². The standard InChI is InChI=1S/C22H17NO4/c1-23(2)16-13-17-22(27-26-17)19(21(25)15-11-7-4-8-12-15)18(16)20(24)14-9-5-3-6-10-14/h3-13H,1-2H3. The third kappa shape index (κ3) is 2.83. The first kappa shape index (κ1) is 16.8. The third-order valence-electron chi connectivity index (χ3n) is 4.45. The quantitative estimate of drug-likeness (QED) is 0.386. The molecule has 0 spiro atoms. The number of benzene rings is 3. The molecule has 134 valence electrons. The van der Waals surface area contributed by atoms with Crippen molar-refractivity contribution in [3.63, 3.8) is 0 Å². The van der Waals surface area contributed by atoms with E-state index in [1.54, 1.807) is 59.5 Å². The van der Waals surface area contributed by atoms with Gasteiger partial charge >= 0.3 is 0 Å². The zero-order chi connectivity index (χ0) is 19.0. The van der Waals surface area contributed by atoms with Crippen molar-refractivity contribution in [3.05, 3.63) is 89.0 Å². The second-order valence-electron chi connectivity index (χ2n) is 6.42. The van der Waals surface area contributed by atoms with Crippen LogP contribution < -0.4 is 4.90 Å². The van der Waals surface area contributed by atoms with Gasteiger partial charge in [-0.1, -0.05) is 60.7 Å². The first-order valence-electron chi connectivity index (χ1n) is 8.50. The van der Waals surface area contributed by atoms with Crippen LogP contribution in [0.1, 0.15) is 31.8 Å². The van der Waals surface area contributed by atoms with Gasteiger partial charge in [-0.05, 0) is 0 Å². The minimum absolute atomic E-state index is 0.225. The van der Waals surface area contributed by atoms with Gasteiger partial charge in [0, 0.05) is 31.3 Å². The van der Waals surface area contributed by atoms with E-state index in [4.69, 9.17) is 9.15 Å². The van der Waals surface area contributed by atoms with Crippen LogP contribution in [0.3, 0.4) is 0 Å². The van der Waals surface area contributed by atoms with E-state index >= 15 is 0 Å². The molecule has 0 radical (unpaired) electrons. The molecular formula is C22H17NO4. The summed E-state index contributed by atoms with van der Waals surface area (Å²) >= 11 is 0. The summed E-state index contributed by atoms with van der Waals surface area (Å²) in [7, 11) is 3.64. The fraction of sp³-hybridized carbons (Fsp3) is 0.0909. The average molecular weight is 359 g/mol. The number of anilines is 1. The van der Waals surface area contributed by atoms with Gasteiger partial charge in [0.2, 0.25) is 11.2 Å². The number of carbonyl (C=O) groups is 2. The van der Waals surface area contributed by atoms with E-state index < -0.39 is 0 Å². The summed E-state index contributed by atoms with van der Waals surface area (Å²) < 4.78 is 10.2. The molecule has 0 bridgehead atoms.